The molecule has 0 heterocycles. The maximum atomic E-state index is 13.7. The molecule has 0 radical (unpaired) electrons. The van der Waals surface area contributed by atoms with Crippen molar-refractivity contribution >= 4 is 35.8 Å². The lowest BCUT2D eigenvalue weighted by Gasteiger charge is -2.12. The van der Waals surface area contributed by atoms with Gasteiger partial charge in [0.15, 0.2) is 5.96 Å². The second-order valence-electron chi connectivity index (χ2n) is 7.22. The van der Waals surface area contributed by atoms with E-state index in [1.54, 1.807) is 18.2 Å². The smallest absolute Gasteiger partial charge is 0.251 e. The Balaban J connectivity index is 0.00000480. The molecule has 0 spiro atoms. The highest BCUT2D eigenvalue weighted by Crippen LogP contribution is 2.08. The summed E-state index contributed by atoms with van der Waals surface area (Å²) in [6, 6.07) is 14.3. The molecule has 2 aromatic rings. The average molecular weight is 541 g/mol. The van der Waals surface area contributed by atoms with E-state index in [0.717, 1.165) is 18.7 Å². The van der Waals surface area contributed by atoms with Gasteiger partial charge in [-0.25, -0.2) is 9.38 Å². The Kier molecular flexibility index (Phi) is 12.8. The van der Waals surface area contributed by atoms with Crippen molar-refractivity contribution in [2.24, 2.45) is 4.99 Å². The molecule has 0 bridgehead atoms. The number of nitrogens with zero attached hydrogens (tertiary/aromatic N) is 2. The molecule has 0 aliphatic carbocycles. The van der Waals surface area contributed by atoms with Crippen LogP contribution < -0.4 is 16.0 Å². The minimum Gasteiger partial charge on any atom is -0.357 e. The van der Waals surface area contributed by atoms with Gasteiger partial charge in [0.1, 0.15) is 5.82 Å². The fraction of sp³-hybridized carbons (Fsp3) is 0.391. The number of guanidine groups is 1. The van der Waals surface area contributed by atoms with Gasteiger partial charge in [0.2, 0.25) is 0 Å². The zero-order chi connectivity index (χ0) is 21.8. The van der Waals surface area contributed by atoms with Crippen LogP contribution in [0.2, 0.25) is 0 Å². The fourth-order valence-electron chi connectivity index (χ4n) is 2.83. The lowest BCUT2D eigenvalue weighted by Crippen LogP contribution is -2.38. The largest absolute Gasteiger partial charge is 0.357 e. The lowest BCUT2D eigenvalue weighted by atomic mass is 10.1. The molecule has 2 aromatic carbocycles. The molecule has 0 fully saturated rings. The first-order chi connectivity index (χ1) is 14.5. The van der Waals surface area contributed by atoms with Crippen LogP contribution in [0.3, 0.4) is 0 Å². The molecule has 0 saturated heterocycles. The zero-order valence-corrected chi connectivity index (χ0v) is 20.8. The summed E-state index contributed by atoms with van der Waals surface area (Å²) in [5, 5.41) is 9.34. The Morgan fingerprint density at radius 2 is 1.81 bits per heavy atom. The van der Waals surface area contributed by atoms with E-state index < -0.39 is 0 Å². The van der Waals surface area contributed by atoms with Gasteiger partial charge in [0.05, 0.1) is 6.54 Å². The number of amides is 1. The third-order valence-corrected chi connectivity index (χ3v) is 4.44. The first kappa shape index (κ1) is 26.8. The number of carbonyl (C=O) groups excluding carboxylic acids is 1. The molecule has 1 amide bonds. The Morgan fingerprint density at radius 3 is 2.52 bits per heavy atom. The highest BCUT2D eigenvalue weighted by molar-refractivity contribution is 14.0. The predicted octanol–water partition coefficient (Wildman–Crippen LogP) is 3.03. The van der Waals surface area contributed by atoms with Crippen molar-refractivity contribution in [3.05, 3.63) is 71.0 Å². The molecule has 0 saturated carbocycles. The standard InChI is InChI=1S/C23H32FN5O.HI/c1-4-25-23(27-13-12-19-9-5-6-11-21(19)24)28-17-18-8-7-10-20(16-18)22(30)26-14-15-29(2)3;/h5-11,16H,4,12-15,17H2,1-3H3,(H,26,30)(H2,25,27,28);1H. The van der Waals surface area contributed by atoms with Crippen molar-refractivity contribution in [2.45, 2.75) is 19.9 Å². The summed E-state index contributed by atoms with van der Waals surface area (Å²) in [5.41, 5.74) is 2.24. The van der Waals surface area contributed by atoms with Gasteiger partial charge in [-0.15, -0.1) is 24.0 Å². The molecule has 0 aliphatic rings. The van der Waals surface area contributed by atoms with Crippen LogP contribution in [0.5, 0.6) is 0 Å². The van der Waals surface area contributed by atoms with Gasteiger partial charge in [0.25, 0.3) is 5.91 Å². The average Bonchev–Trinajstić information content (AvgIpc) is 2.73. The lowest BCUT2D eigenvalue weighted by molar-refractivity contribution is 0.0951. The number of rotatable bonds is 10. The number of hydrogen-bond acceptors (Lipinski definition) is 3. The third kappa shape index (κ3) is 10.1. The normalized spacial score (nSPS) is 11.1. The number of benzene rings is 2. The highest BCUT2D eigenvalue weighted by Gasteiger charge is 2.06. The number of nitrogens with one attached hydrogen (secondary N) is 3. The van der Waals surface area contributed by atoms with Gasteiger partial charge in [-0.2, -0.15) is 0 Å². The predicted molar refractivity (Wildman–Crippen MR) is 136 cm³/mol. The topological polar surface area (TPSA) is 68.8 Å². The third-order valence-electron chi connectivity index (χ3n) is 4.44. The van der Waals surface area contributed by atoms with Crippen LogP contribution in [-0.4, -0.2) is 57.0 Å². The minimum absolute atomic E-state index is 0. The van der Waals surface area contributed by atoms with Crippen LogP contribution in [0.1, 0.15) is 28.4 Å². The summed E-state index contributed by atoms with van der Waals surface area (Å²) in [5.74, 6) is 0.384. The van der Waals surface area contributed by atoms with Crippen LogP contribution in [0.4, 0.5) is 4.39 Å². The molecule has 3 N–H and O–H groups in total. The quantitative estimate of drug-likeness (QED) is 0.246. The van der Waals surface area contributed by atoms with Crippen LogP contribution in [0.15, 0.2) is 53.5 Å². The van der Waals surface area contributed by atoms with Crippen molar-refractivity contribution in [3.8, 4) is 0 Å². The van der Waals surface area contributed by atoms with Gasteiger partial charge < -0.3 is 20.9 Å². The van der Waals surface area contributed by atoms with Crippen molar-refractivity contribution < 1.29 is 9.18 Å². The molecule has 0 unspecified atom stereocenters. The SMILES string of the molecule is CCNC(=NCc1cccc(C(=O)NCCN(C)C)c1)NCCc1ccccc1F.I. The van der Waals surface area contributed by atoms with Crippen LogP contribution >= 0.6 is 24.0 Å². The van der Waals surface area contributed by atoms with Gasteiger partial charge in [-0.1, -0.05) is 30.3 Å². The molecule has 6 nitrogen and oxygen atoms in total. The van der Waals surface area contributed by atoms with E-state index in [-0.39, 0.29) is 35.7 Å². The molecular weight excluding hydrogens is 508 g/mol. The summed E-state index contributed by atoms with van der Waals surface area (Å²) in [4.78, 5) is 18.9. The van der Waals surface area contributed by atoms with E-state index in [0.29, 0.717) is 43.1 Å². The van der Waals surface area contributed by atoms with Crippen LogP contribution in [0, 0.1) is 5.82 Å². The summed E-state index contributed by atoms with van der Waals surface area (Å²) in [6.45, 7) is 5.12. The van der Waals surface area contributed by atoms with Gasteiger partial charge in [0, 0.05) is 31.7 Å². The van der Waals surface area contributed by atoms with Crippen LogP contribution in [-0.2, 0) is 13.0 Å². The second-order valence-corrected chi connectivity index (χ2v) is 7.22. The maximum absolute atomic E-state index is 13.7. The second kappa shape index (κ2) is 14.7. The molecule has 170 valence electrons. The summed E-state index contributed by atoms with van der Waals surface area (Å²) < 4.78 is 13.7. The number of likely N-dealkylation sites (N-methyl/N-ethyl adjacent to an activating group) is 1. The van der Waals surface area contributed by atoms with E-state index in [1.165, 1.54) is 6.07 Å². The maximum Gasteiger partial charge on any atom is 0.251 e. The highest BCUT2D eigenvalue weighted by atomic mass is 127. The number of aliphatic imine (C=N–C) groups is 1. The fourth-order valence-corrected chi connectivity index (χ4v) is 2.83. The Bertz CT molecular complexity index is 844. The minimum atomic E-state index is -0.193. The molecular formula is C23H33FIN5O. The van der Waals surface area contributed by atoms with E-state index in [1.807, 2.05) is 50.2 Å². The van der Waals surface area contributed by atoms with Gasteiger partial charge >= 0.3 is 0 Å². The van der Waals surface area contributed by atoms with E-state index in [2.05, 4.69) is 20.9 Å². The Labute approximate surface area is 201 Å². The Hall–Kier alpha value is -2.20. The monoisotopic (exact) mass is 541 g/mol. The van der Waals surface area contributed by atoms with Crippen LogP contribution in [0.25, 0.3) is 0 Å². The summed E-state index contributed by atoms with van der Waals surface area (Å²) in [7, 11) is 3.94. The van der Waals surface area contributed by atoms with Crippen molar-refractivity contribution in [2.75, 3.05) is 40.3 Å². The first-order valence-electron chi connectivity index (χ1n) is 10.3. The molecule has 0 atom stereocenters. The zero-order valence-electron chi connectivity index (χ0n) is 18.5. The van der Waals surface area contributed by atoms with Crippen molar-refractivity contribution in [3.63, 3.8) is 0 Å². The van der Waals surface area contributed by atoms with Gasteiger partial charge in [-0.3, -0.25) is 4.79 Å². The Morgan fingerprint density at radius 1 is 1.03 bits per heavy atom. The van der Waals surface area contributed by atoms with E-state index >= 15 is 0 Å². The summed E-state index contributed by atoms with van der Waals surface area (Å²) >= 11 is 0. The van der Waals surface area contributed by atoms with Crippen molar-refractivity contribution in [1.29, 1.82) is 0 Å². The molecule has 0 aliphatic heterocycles. The van der Waals surface area contributed by atoms with E-state index in [9.17, 15) is 9.18 Å². The number of hydrogen-bond donors (Lipinski definition) is 3. The molecule has 2 rings (SSSR count). The first-order valence-corrected chi connectivity index (χ1v) is 10.3. The van der Waals surface area contributed by atoms with Crippen molar-refractivity contribution in [1.82, 2.24) is 20.9 Å². The molecule has 8 heteroatoms. The van der Waals surface area contributed by atoms with E-state index in [4.69, 9.17) is 0 Å². The molecule has 0 aromatic heterocycles. The number of halogens is 2. The number of carbonyl (C=O) groups is 1. The summed E-state index contributed by atoms with van der Waals surface area (Å²) in [6.07, 6.45) is 0.569. The van der Waals surface area contributed by atoms with Gasteiger partial charge in [-0.05, 0) is 56.8 Å². The molecule has 31 heavy (non-hydrogen) atoms.